The molecule has 1 amide bonds. The van der Waals surface area contributed by atoms with E-state index in [9.17, 15) is 9.59 Å². The van der Waals surface area contributed by atoms with E-state index in [1.807, 2.05) is 18.2 Å². The van der Waals surface area contributed by atoms with Crippen LogP contribution in [0.5, 0.6) is 5.75 Å². The summed E-state index contributed by atoms with van der Waals surface area (Å²) in [6.07, 6.45) is 2.72. The molecule has 1 aromatic rings. The first-order valence-electron chi connectivity index (χ1n) is 7.21. The molecule has 0 saturated carbocycles. The minimum atomic E-state index is -0.454. The summed E-state index contributed by atoms with van der Waals surface area (Å²) in [5.74, 6) is 0.491. The molecule has 5 nitrogen and oxygen atoms in total. The number of nitrogens with zero attached hydrogens (tertiary/aromatic N) is 1. The van der Waals surface area contributed by atoms with Crippen LogP contribution in [0.3, 0.4) is 0 Å². The van der Waals surface area contributed by atoms with Crippen molar-refractivity contribution in [2.75, 3.05) is 14.2 Å². The van der Waals surface area contributed by atoms with Gasteiger partial charge >= 0.3 is 5.97 Å². The minimum absolute atomic E-state index is 0.0334. The quantitative estimate of drug-likeness (QED) is 0.797. The van der Waals surface area contributed by atoms with Crippen molar-refractivity contribution in [3.63, 3.8) is 0 Å². The molecular weight excluding hydrogens is 270 g/mol. The second kappa shape index (κ2) is 5.39. The van der Waals surface area contributed by atoms with E-state index in [1.165, 1.54) is 12.7 Å². The van der Waals surface area contributed by atoms with Crippen LogP contribution < -0.4 is 4.74 Å². The van der Waals surface area contributed by atoms with Gasteiger partial charge in [0.05, 0.1) is 20.3 Å². The molecule has 1 heterocycles. The van der Waals surface area contributed by atoms with Crippen LogP contribution in [-0.4, -0.2) is 37.0 Å². The van der Waals surface area contributed by atoms with Gasteiger partial charge in [0, 0.05) is 6.42 Å². The van der Waals surface area contributed by atoms with E-state index in [-0.39, 0.29) is 17.9 Å². The lowest BCUT2D eigenvalue weighted by molar-refractivity contribution is -0.150. The van der Waals surface area contributed by atoms with Crippen LogP contribution in [0.2, 0.25) is 0 Å². The highest BCUT2D eigenvalue weighted by Crippen LogP contribution is 2.41. The first-order valence-corrected chi connectivity index (χ1v) is 7.21. The van der Waals surface area contributed by atoms with E-state index in [1.54, 1.807) is 12.0 Å². The van der Waals surface area contributed by atoms with Crippen LogP contribution in [0.15, 0.2) is 18.2 Å². The summed E-state index contributed by atoms with van der Waals surface area (Å²) in [4.78, 5) is 25.9. The Morgan fingerprint density at radius 3 is 2.76 bits per heavy atom. The lowest BCUT2D eigenvalue weighted by atomic mass is 10.1. The van der Waals surface area contributed by atoms with E-state index < -0.39 is 6.04 Å². The number of hydrogen-bond acceptors (Lipinski definition) is 4. The third-order valence-electron chi connectivity index (χ3n) is 4.46. The van der Waals surface area contributed by atoms with Crippen LogP contribution >= 0.6 is 0 Å². The molecule has 0 aromatic heterocycles. The smallest absolute Gasteiger partial charge is 0.328 e. The van der Waals surface area contributed by atoms with Gasteiger partial charge in [-0.3, -0.25) is 4.79 Å². The van der Waals surface area contributed by atoms with Gasteiger partial charge in [0.1, 0.15) is 11.8 Å². The zero-order valence-corrected chi connectivity index (χ0v) is 12.3. The molecule has 2 atom stereocenters. The van der Waals surface area contributed by atoms with E-state index in [4.69, 9.17) is 9.47 Å². The van der Waals surface area contributed by atoms with Crippen molar-refractivity contribution in [2.45, 2.75) is 37.8 Å². The number of esters is 1. The fourth-order valence-corrected chi connectivity index (χ4v) is 3.44. The molecule has 0 spiro atoms. The Labute approximate surface area is 123 Å². The largest absolute Gasteiger partial charge is 0.497 e. The van der Waals surface area contributed by atoms with Crippen molar-refractivity contribution >= 4 is 11.9 Å². The average Bonchev–Trinajstić information content (AvgIpc) is 3.08. The summed E-state index contributed by atoms with van der Waals surface area (Å²) in [7, 11) is 3.00. The average molecular weight is 289 g/mol. The lowest BCUT2D eigenvalue weighted by Crippen LogP contribution is -2.41. The zero-order chi connectivity index (χ0) is 15.0. The van der Waals surface area contributed by atoms with Crippen LogP contribution in [-0.2, 0) is 20.7 Å². The van der Waals surface area contributed by atoms with Crippen molar-refractivity contribution in [1.29, 1.82) is 0 Å². The van der Waals surface area contributed by atoms with Gasteiger partial charge in [0.25, 0.3) is 0 Å². The maximum absolute atomic E-state index is 12.2. The Balaban J connectivity index is 1.94. The summed E-state index contributed by atoms with van der Waals surface area (Å²) in [6, 6.07) is 5.46. The van der Waals surface area contributed by atoms with Gasteiger partial charge in [-0.05, 0) is 42.5 Å². The molecule has 21 heavy (non-hydrogen) atoms. The van der Waals surface area contributed by atoms with Crippen LogP contribution in [0.4, 0.5) is 0 Å². The van der Waals surface area contributed by atoms with Gasteiger partial charge in [-0.2, -0.15) is 0 Å². The molecule has 0 radical (unpaired) electrons. The fraction of sp³-hybridized carbons (Fsp3) is 0.500. The number of rotatable bonds is 3. The highest BCUT2D eigenvalue weighted by molar-refractivity contribution is 5.88. The van der Waals surface area contributed by atoms with Gasteiger partial charge in [-0.1, -0.05) is 6.07 Å². The van der Waals surface area contributed by atoms with Gasteiger partial charge in [0.15, 0.2) is 0 Å². The van der Waals surface area contributed by atoms with Crippen molar-refractivity contribution < 1.29 is 19.1 Å². The Morgan fingerprint density at radius 2 is 2.05 bits per heavy atom. The Bertz CT molecular complexity index is 584. The summed E-state index contributed by atoms with van der Waals surface area (Å²) < 4.78 is 10.1. The second-order valence-electron chi connectivity index (χ2n) is 5.50. The molecule has 3 rings (SSSR count). The Kier molecular flexibility index (Phi) is 3.57. The topological polar surface area (TPSA) is 55.8 Å². The molecule has 0 bridgehead atoms. The number of hydrogen-bond donors (Lipinski definition) is 0. The molecule has 2 unspecified atom stereocenters. The molecule has 0 N–H and O–H groups in total. The molecule has 1 aromatic carbocycles. The maximum Gasteiger partial charge on any atom is 0.328 e. The van der Waals surface area contributed by atoms with Gasteiger partial charge < -0.3 is 14.4 Å². The van der Waals surface area contributed by atoms with Crippen molar-refractivity contribution in [1.82, 2.24) is 4.90 Å². The lowest BCUT2D eigenvalue weighted by Gasteiger charge is -2.30. The summed E-state index contributed by atoms with van der Waals surface area (Å²) in [5.41, 5.74) is 2.32. The van der Waals surface area contributed by atoms with E-state index in [2.05, 4.69) is 0 Å². The molecular formula is C16H19NO4. The predicted octanol–water partition coefficient (Wildman–Crippen LogP) is 1.85. The molecule has 1 fully saturated rings. The highest BCUT2D eigenvalue weighted by atomic mass is 16.5. The van der Waals surface area contributed by atoms with Crippen molar-refractivity contribution in [3.05, 3.63) is 29.3 Å². The number of fused-ring (bicyclic) bond motifs is 1. The normalized spacial score (nSPS) is 24.1. The van der Waals surface area contributed by atoms with E-state index in [0.717, 1.165) is 24.2 Å². The number of carbonyl (C=O) groups excluding carboxylic acids is 2. The molecule has 1 aliphatic carbocycles. The van der Waals surface area contributed by atoms with Crippen molar-refractivity contribution in [2.24, 2.45) is 0 Å². The molecule has 2 aliphatic rings. The number of benzene rings is 1. The molecule has 112 valence electrons. The minimum Gasteiger partial charge on any atom is -0.497 e. The first kappa shape index (κ1) is 13.9. The number of amides is 1. The second-order valence-corrected chi connectivity index (χ2v) is 5.50. The third kappa shape index (κ3) is 2.26. The van der Waals surface area contributed by atoms with Crippen LogP contribution in [0.1, 0.15) is 36.4 Å². The van der Waals surface area contributed by atoms with E-state index in [0.29, 0.717) is 12.8 Å². The maximum atomic E-state index is 12.2. The Morgan fingerprint density at radius 1 is 1.24 bits per heavy atom. The van der Waals surface area contributed by atoms with Crippen molar-refractivity contribution in [3.8, 4) is 5.75 Å². The molecule has 5 heteroatoms. The first-order chi connectivity index (χ1) is 10.2. The van der Waals surface area contributed by atoms with Crippen LogP contribution in [0, 0.1) is 0 Å². The molecule has 1 aliphatic heterocycles. The Hall–Kier alpha value is -2.04. The zero-order valence-electron chi connectivity index (χ0n) is 12.3. The predicted molar refractivity (Wildman–Crippen MR) is 75.9 cm³/mol. The SMILES string of the molecule is COC(=O)C1CCC(=O)N1C1CCc2ccc(OC)cc21. The van der Waals surface area contributed by atoms with Gasteiger partial charge in [-0.15, -0.1) is 0 Å². The monoisotopic (exact) mass is 289 g/mol. The number of aryl methyl sites for hydroxylation is 1. The van der Waals surface area contributed by atoms with Crippen LogP contribution in [0.25, 0.3) is 0 Å². The summed E-state index contributed by atoms with van der Waals surface area (Å²) >= 11 is 0. The molecule has 1 saturated heterocycles. The fourth-order valence-electron chi connectivity index (χ4n) is 3.44. The third-order valence-corrected chi connectivity index (χ3v) is 4.46. The van der Waals surface area contributed by atoms with E-state index >= 15 is 0 Å². The number of likely N-dealkylation sites (tertiary alicyclic amines) is 1. The van der Waals surface area contributed by atoms with Gasteiger partial charge in [-0.25, -0.2) is 4.79 Å². The van der Waals surface area contributed by atoms with Gasteiger partial charge in [0.2, 0.25) is 5.91 Å². The number of ether oxygens (including phenoxy) is 2. The standard InChI is InChI=1S/C16H19NO4/c1-20-11-5-3-10-4-6-13(12(10)9-11)17-14(16(19)21-2)7-8-15(17)18/h3,5,9,13-14H,4,6-8H2,1-2H3. The number of methoxy groups -OCH3 is 2. The summed E-state index contributed by atoms with van der Waals surface area (Å²) in [5, 5.41) is 0. The number of carbonyl (C=O) groups is 2. The highest BCUT2D eigenvalue weighted by Gasteiger charge is 2.43. The summed E-state index contributed by atoms with van der Waals surface area (Å²) in [6.45, 7) is 0.